The lowest BCUT2D eigenvalue weighted by atomic mass is 9.93. The molecule has 4 rings (SSSR count). The topological polar surface area (TPSA) is 85.2 Å². The molecular weight excluding hydrogens is 390 g/mol. The highest BCUT2D eigenvalue weighted by Crippen LogP contribution is 2.39. The third-order valence-electron chi connectivity index (χ3n) is 5.09. The average Bonchev–Trinajstić information content (AvgIpc) is 2.74. The van der Waals surface area contributed by atoms with Crippen LogP contribution < -0.4 is 4.74 Å². The number of benzene rings is 2. The molecule has 0 atom stereocenters. The summed E-state index contributed by atoms with van der Waals surface area (Å²) in [7, 11) is 0. The van der Waals surface area contributed by atoms with Crippen molar-refractivity contribution in [2.24, 2.45) is 0 Å². The molecule has 0 fully saturated rings. The van der Waals surface area contributed by atoms with Gasteiger partial charge in [-0.05, 0) is 55.5 Å². The zero-order valence-corrected chi connectivity index (χ0v) is 17.9. The van der Waals surface area contributed by atoms with E-state index in [9.17, 15) is 4.79 Å². The van der Waals surface area contributed by atoms with E-state index in [-0.39, 0.29) is 11.5 Å². The van der Waals surface area contributed by atoms with Crippen molar-refractivity contribution in [3.05, 3.63) is 77.5 Å². The zero-order chi connectivity index (χ0) is 22.1. The van der Waals surface area contributed by atoms with Crippen LogP contribution in [0.4, 0.5) is 0 Å². The van der Waals surface area contributed by atoms with Crippen molar-refractivity contribution in [3.8, 4) is 22.8 Å². The number of hydrogen-bond acceptors (Lipinski definition) is 5. The molecule has 4 aromatic rings. The number of fused-ring (bicyclic) bond motifs is 1. The second-order valence-electron chi connectivity index (χ2n) is 7.83. The van der Waals surface area contributed by atoms with E-state index in [0.29, 0.717) is 17.5 Å². The zero-order valence-electron chi connectivity index (χ0n) is 17.9. The summed E-state index contributed by atoms with van der Waals surface area (Å²) in [6.45, 7) is 8.06. The van der Waals surface area contributed by atoms with E-state index in [2.05, 4.69) is 35.9 Å². The largest absolute Gasteiger partial charge is 0.478 e. The molecule has 0 radical (unpaired) electrons. The van der Waals surface area contributed by atoms with Gasteiger partial charge in [-0.15, -0.1) is 0 Å². The molecule has 6 heteroatoms. The van der Waals surface area contributed by atoms with E-state index < -0.39 is 5.97 Å². The number of hydrogen-bond donors (Lipinski definition) is 1. The summed E-state index contributed by atoms with van der Waals surface area (Å²) in [5, 5.41) is 11.0. The minimum Gasteiger partial charge on any atom is -0.478 e. The van der Waals surface area contributed by atoms with Gasteiger partial charge in [-0.25, -0.2) is 19.7 Å². The van der Waals surface area contributed by atoms with Crippen molar-refractivity contribution in [1.82, 2.24) is 15.0 Å². The molecule has 2 aromatic carbocycles. The van der Waals surface area contributed by atoms with Gasteiger partial charge in [0.2, 0.25) is 5.88 Å². The highest BCUT2D eigenvalue weighted by Gasteiger charge is 2.20. The maximum Gasteiger partial charge on any atom is 0.335 e. The summed E-state index contributed by atoms with van der Waals surface area (Å²) in [4.78, 5) is 24.8. The monoisotopic (exact) mass is 413 g/mol. The lowest BCUT2D eigenvalue weighted by Crippen LogP contribution is -2.03. The smallest absolute Gasteiger partial charge is 0.335 e. The Labute approximate surface area is 180 Å². The molecule has 156 valence electrons. The molecule has 0 aliphatic rings. The third-order valence-corrected chi connectivity index (χ3v) is 5.09. The van der Waals surface area contributed by atoms with Gasteiger partial charge in [0.05, 0.1) is 11.3 Å². The number of rotatable bonds is 5. The minimum atomic E-state index is -0.975. The van der Waals surface area contributed by atoms with Gasteiger partial charge in [-0.3, -0.25) is 0 Å². The predicted octanol–water partition coefficient (Wildman–Crippen LogP) is 5.92. The van der Waals surface area contributed by atoms with Crippen LogP contribution in [-0.2, 0) is 0 Å². The van der Waals surface area contributed by atoms with Gasteiger partial charge in [0.25, 0.3) is 0 Å². The summed E-state index contributed by atoms with van der Waals surface area (Å²) in [5.74, 6) is 0.896. The molecule has 0 saturated heterocycles. The summed E-state index contributed by atoms with van der Waals surface area (Å²) < 4.78 is 6.15. The van der Waals surface area contributed by atoms with Gasteiger partial charge in [0.15, 0.2) is 0 Å². The first-order valence-electron chi connectivity index (χ1n) is 10.1. The number of aryl methyl sites for hydroxylation is 2. The molecule has 0 spiro atoms. The van der Waals surface area contributed by atoms with Crippen LogP contribution >= 0.6 is 0 Å². The molecule has 0 unspecified atom stereocenters. The van der Waals surface area contributed by atoms with Crippen LogP contribution in [0.5, 0.6) is 11.6 Å². The Balaban J connectivity index is 1.92. The molecule has 0 amide bonds. The molecular formula is C25H23N3O3. The van der Waals surface area contributed by atoms with Crippen LogP contribution in [0.2, 0.25) is 0 Å². The molecule has 0 bridgehead atoms. The van der Waals surface area contributed by atoms with Crippen LogP contribution in [0.1, 0.15) is 47.2 Å². The van der Waals surface area contributed by atoms with Gasteiger partial charge in [0.1, 0.15) is 11.6 Å². The van der Waals surface area contributed by atoms with Crippen molar-refractivity contribution in [3.63, 3.8) is 0 Å². The van der Waals surface area contributed by atoms with E-state index in [1.807, 2.05) is 32.3 Å². The number of nitrogens with zero attached hydrogens (tertiary/aromatic N) is 3. The highest BCUT2D eigenvalue weighted by molar-refractivity contribution is 6.00. The number of carbonyl (C=O) groups is 1. The fraction of sp³-hybridized carbons (Fsp3) is 0.200. The van der Waals surface area contributed by atoms with Crippen molar-refractivity contribution < 1.29 is 14.6 Å². The summed E-state index contributed by atoms with van der Waals surface area (Å²) in [5.41, 5.74) is 4.09. The average molecular weight is 413 g/mol. The highest BCUT2D eigenvalue weighted by atomic mass is 16.5. The number of carboxylic acids is 1. The minimum absolute atomic E-state index is 0.138. The second kappa shape index (κ2) is 8.14. The Morgan fingerprint density at radius 3 is 2.26 bits per heavy atom. The van der Waals surface area contributed by atoms with Gasteiger partial charge in [0, 0.05) is 28.9 Å². The molecule has 2 aromatic heterocycles. The van der Waals surface area contributed by atoms with Crippen molar-refractivity contribution in [2.45, 2.75) is 33.6 Å². The Hall–Kier alpha value is -3.80. The summed E-state index contributed by atoms with van der Waals surface area (Å²) in [6, 6.07) is 12.5. The van der Waals surface area contributed by atoms with Gasteiger partial charge in [-0.1, -0.05) is 31.5 Å². The fourth-order valence-corrected chi connectivity index (χ4v) is 3.51. The van der Waals surface area contributed by atoms with Crippen molar-refractivity contribution >= 4 is 16.7 Å². The number of aromatic nitrogens is 3. The maximum atomic E-state index is 11.1. The molecule has 2 heterocycles. The van der Waals surface area contributed by atoms with E-state index in [1.54, 1.807) is 12.1 Å². The van der Waals surface area contributed by atoms with E-state index >= 15 is 0 Å². The maximum absolute atomic E-state index is 11.1. The Kier molecular flexibility index (Phi) is 5.38. The molecule has 1 N–H and O–H groups in total. The van der Waals surface area contributed by atoms with Crippen molar-refractivity contribution in [2.75, 3.05) is 0 Å². The molecule has 0 saturated carbocycles. The number of pyridine rings is 1. The lowest BCUT2D eigenvalue weighted by molar-refractivity contribution is 0.0697. The van der Waals surface area contributed by atoms with E-state index in [0.717, 1.165) is 33.2 Å². The van der Waals surface area contributed by atoms with Crippen LogP contribution in [0.3, 0.4) is 0 Å². The third kappa shape index (κ3) is 4.10. The Morgan fingerprint density at radius 2 is 1.65 bits per heavy atom. The first-order chi connectivity index (χ1) is 14.8. The van der Waals surface area contributed by atoms with Gasteiger partial charge in [-0.2, -0.15) is 0 Å². The van der Waals surface area contributed by atoms with Gasteiger partial charge < -0.3 is 9.84 Å². The molecule has 0 aliphatic heterocycles. The standard InChI is InChI=1S/C25H23N3O3/c1-14(2)23-22(18-12-26-16(4)27-13-18)20-10-5-15(3)11-21(20)24(28-23)31-19-8-6-17(7-9-19)25(29)30/h5-14H,1-4H3,(H,29,30). The van der Waals surface area contributed by atoms with E-state index in [1.165, 1.54) is 12.1 Å². The number of ether oxygens (including phenoxy) is 1. The SMILES string of the molecule is Cc1ccc2c(-c3cnc(C)nc3)c(C(C)C)nc(Oc3ccc(C(=O)O)cc3)c2c1. The number of aromatic carboxylic acids is 1. The van der Waals surface area contributed by atoms with Crippen molar-refractivity contribution in [1.29, 1.82) is 0 Å². The van der Waals surface area contributed by atoms with Crippen LogP contribution in [-0.4, -0.2) is 26.0 Å². The Bertz CT molecular complexity index is 1260. The van der Waals surface area contributed by atoms with Crippen LogP contribution in [0.15, 0.2) is 54.9 Å². The molecule has 6 nitrogen and oxygen atoms in total. The predicted molar refractivity (Wildman–Crippen MR) is 120 cm³/mol. The van der Waals surface area contributed by atoms with Gasteiger partial charge >= 0.3 is 5.97 Å². The summed E-state index contributed by atoms with van der Waals surface area (Å²) >= 11 is 0. The molecule has 31 heavy (non-hydrogen) atoms. The first-order valence-corrected chi connectivity index (χ1v) is 10.1. The number of carboxylic acid groups (broad SMARTS) is 1. The van der Waals surface area contributed by atoms with Crippen LogP contribution in [0, 0.1) is 13.8 Å². The quantitative estimate of drug-likeness (QED) is 0.437. The second-order valence-corrected chi connectivity index (χ2v) is 7.83. The van der Waals surface area contributed by atoms with Crippen LogP contribution in [0.25, 0.3) is 21.9 Å². The fourth-order valence-electron chi connectivity index (χ4n) is 3.51. The molecule has 0 aliphatic carbocycles. The summed E-state index contributed by atoms with van der Waals surface area (Å²) in [6.07, 6.45) is 3.66. The normalized spacial score (nSPS) is 11.1. The first kappa shape index (κ1) is 20.5. The Morgan fingerprint density at radius 1 is 0.968 bits per heavy atom. The van der Waals surface area contributed by atoms with E-state index in [4.69, 9.17) is 14.8 Å². The lowest BCUT2D eigenvalue weighted by Gasteiger charge is -2.18.